The first-order valence-electron chi connectivity index (χ1n) is 9.81. The number of carbonyl (C=O) groups is 1. The predicted molar refractivity (Wildman–Crippen MR) is 105 cm³/mol. The average molecular weight is 423 g/mol. The molecule has 2 aromatic rings. The Hall–Kier alpha value is -2.68. The molecule has 6 nitrogen and oxygen atoms in total. The van der Waals surface area contributed by atoms with Crippen LogP contribution in [0.3, 0.4) is 0 Å². The van der Waals surface area contributed by atoms with Crippen molar-refractivity contribution in [3.63, 3.8) is 0 Å². The summed E-state index contributed by atoms with van der Waals surface area (Å²) in [5.74, 6) is -0.430. The minimum atomic E-state index is -4.43. The van der Waals surface area contributed by atoms with Gasteiger partial charge >= 0.3 is 6.18 Å². The third-order valence-corrected chi connectivity index (χ3v) is 5.20. The second-order valence-corrected chi connectivity index (χ2v) is 7.58. The lowest BCUT2D eigenvalue weighted by Crippen LogP contribution is -2.21. The first kappa shape index (κ1) is 22.0. The fraction of sp³-hybridized carbons (Fsp3) is 0.476. The Morgan fingerprint density at radius 1 is 1.20 bits per heavy atom. The number of aliphatic carboxylic acids is 1. The fourth-order valence-electron chi connectivity index (χ4n) is 3.98. The summed E-state index contributed by atoms with van der Waals surface area (Å²) in [4.78, 5) is 17.8. The molecular weight excluding hydrogens is 399 g/mol. The molecule has 1 aliphatic heterocycles. The van der Waals surface area contributed by atoms with Gasteiger partial charge in [0.05, 0.1) is 22.7 Å². The molecule has 1 unspecified atom stereocenters. The Morgan fingerprint density at radius 3 is 2.43 bits per heavy atom. The van der Waals surface area contributed by atoms with Gasteiger partial charge in [-0.05, 0) is 38.0 Å². The van der Waals surface area contributed by atoms with E-state index in [1.54, 1.807) is 17.7 Å². The molecule has 4 rings (SSSR count). The number of carboxylic acids is 1. The Kier molecular flexibility index (Phi) is 6.30. The minimum absolute atomic E-state index is 0.0614. The molecule has 1 aromatic carbocycles. The van der Waals surface area contributed by atoms with E-state index in [4.69, 9.17) is 9.90 Å². The van der Waals surface area contributed by atoms with Crippen LogP contribution in [-0.4, -0.2) is 31.4 Å². The van der Waals surface area contributed by atoms with Gasteiger partial charge < -0.3 is 10.2 Å². The van der Waals surface area contributed by atoms with Crippen molar-refractivity contribution < 1.29 is 28.2 Å². The number of halogens is 3. The second kappa shape index (κ2) is 8.59. The third kappa shape index (κ3) is 4.72. The number of hydrogen-bond donors (Lipinski definition) is 2. The van der Waals surface area contributed by atoms with Crippen LogP contribution in [-0.2, 0) is 11.0 Å². The molecule has 0 saturated heterocycles. The van der Waals surface area contributed by atoms with Gasteiger partial charge in [-0.3, -0.25) is 9.36 Å². The van der Waals surface area contributed by atoms with Crippen molar-refractivity contribution in [3.05, 3.63) is 47.0 Å². The average Bonchev–Trinajstić information content (AvgIpc) is 3.02. The maximum absolute atomic E-state index is 13.3. The van der Waals surface area contributed by atoms with Crippen LogP contribution >= 0.6 is 0 Å². The molecule has 1 fully saturated rings. The Labute approximate surface area is 172 Å². The molecule has 30 heavy (non-hydrogen) atoms. The van der Waals surface area contributed by atoms with Gasteiger partial charge in [0.15, 0.2) is 5.82 Å². The number of fused-ring (bicyclic) bond motifs is 3. The van der Waals surface area contributed by atoms with Gasteiger partial charge in [-0.1, -0.05) is 19.3 Å². The normalized spacial score (nSPS) is 19.0. The zero-order valence-electron chi connectivity index (χ0n) is 16.8. The van der Waals surface area contributed by atoms with Crippen LogP contribution < -0.4 is 0 Å². The summed E-state index contributed by atoms with van der Waals surface area (Å²) in [6.45, 7) is 2.86. The zero-order valence-corrected chi connectivity index (χ0v) is 16.8. The highest BCUT2D eigenvalue weighted by Crippen LogP contribution is 2.37. The molecule has 9 heteroatoms. The Morgan fingerprint density at radius 2 is 1.83 bits per heavy atom. The molecule has 1 aromatic heterocycles. The second-order valence-electron chi connectivity index (χ2n) is 7.58. The van der Waals surface area contributed by atoms with E-state index in [0.717, 1.165) is 45.1 Å². The summed E-state index contributed by atoms with van der Waals surface area (Å²) in [7, 11) is 0. The SMILES string of the molecule is CC(=O)O.Cc1cn2c(n1)C(O)N=C(C1CCCCC1)c1cc(C(F)(F)F)ccc1-2. The molecule has 1 atom stereocenters. The Balaban J connectivity index is 0.000000589. The van der Waals surface area contributed by atoms with E-state index in [1.807, 2.05) is 0 Å². The number of benzene rings is 1. The summed E-state index contributed by atoms with van der Waals surface area (Å²) >= 11 is 0. The summed E-state index contributed by atoms with van der Waals surface area (Å²) in [5.41, 5.74) is 1.59. The molecule has 1 aliphatic carbocycles. The highest BCUT2D eigenvalue weighted by molar-refractivity contribution is 6.05. The molecule has 0 amide bonds. The van der Waals surface area contributed by atoms with Gasteiger partial charge in [0.25, 0.3) is 5.97 Å². The van der Waals surface area contributed by atoms with Crippen molar-refractivity contribution in [2.24, 2.45) is 10.9 Å². The summed E-state index contributed by atoms with van der Waals surface area (Å²) in [5, 5.41) is 18.0. The number of aryl methyl sites for hydroxylation is 1. The number of nitrogens with zero attached hydrogens (tertiary/aromatic N) is 3. The number of alkyl halides is 3. The number of aliphatic hydroxyl groups is 1. The summed E-state index contributed by atoms with van der Waals surface area (Å²) < 4.78 is 41.6. The quantitative estimate of drug-likeness (QED) is 0.698. The topological polar surface area (TPSA) is 87.7 Å². The van der Waals surface area contributed by atoms with E-state index in [2.05, 4.69) is 9.98 Å². The number of aromatic nitrogens is 2. The minimum Gasteiger partial charge on any atom is -0.481 e. The maximum atomic E-state index is 13.3. The first-order valence-corrected chi connectivity index (χ1v) is 9.81. The number of carboxylic acid groups (broad SMARTS) is 1. The predicted octanol–water partition coefficient (Wildman–Crippen LogP) is 4.66. The van der Waals surface area contributed by atoms with Gasteiger partial charge in [0.1, 0.15) is 0 Å². The number of rotatable bonds is 1. The van der Waals surface area contributed by atoms with Crippen LogP contribution in [0.5, 0.6) is 0 Å². The van der Waals surface area contributed by atoms with Crippen molar-refractivity contribution in [1.82, 2.24) is 9.55 Å². The van der Waals surface area contributed by atoms with Gasteiger partial charge in [0.2, 0.25) is 6.23 Å². The molecule has 0 spiro atoms. The van der Waals surface area contributed by atoms with E-state index < -0.39 is 23.9 Å². The largest absolute Gasteiger partial charge is 0.481 e. The summed E-state index contributed by atoms with van der Waals surface area (Å²) in [6.07, 6.45) is 1.06. The number of aliphatic imine (C=N–C) groups is 1. The van der Waals surface area contributed by atoms with Gasteiger partial charge in [-0.2, -0.15) is 13.2 Å². The smallest absolute Gasteiger partial charge is 0.416 e. The van der Waals surface area contributed by atoms with Crippen LogP contribution in [0.4, 0.5) is 13.2 Å². The van der Waals surface area contributed by atoms with E-state index in [1.165, 1.54) is 12.1 Å². The van der Waals surface area contributed by atoms with Crippen LogP contribution in [0.15, 0.2) is 29.4 Å². The summed E-state index contributed by atoms with van der Waals surface area (Å²) in [6, 6.07) is 3.70. The lowest BCUT2D eigenvalue weighted by molar-refractivity contribution is -0.137. The van der Waals surface area contributed by atoms with Crippen molar-refractivity contribution in [2.75, 3.05) is 0 Å². The van der Waals surface area contributed by atoms with Crippen LogP contribution in [0.2, 0.25) is 0 Å². The standard InChI is InChI=1S/C19H20F3N3O.C2H4O2/c1-11-10-25-15-8-7-13(19(20,21)22)9-14(15)16(12-5-3-2-4-6-12)24-18(26)17(25)23-11;1-2(3)4/h7-10,12,18,26H,2-6H2,1H3;1H3,(H,3,4). The van der Waals surface area contributed by atoms with E-state index in [0.29, 0.717) is 28.5 Å². The lowest BCUT2D eigenvalue weighted by atomic mass is 9.82. The molecule has 0 bridgehead atoms. The third-order valence-electron chi connectivity index (χ3n) is 5.20. The molecule has 2 aliphatic rings. The molecule has 162 valence electrons. The van der Waals surface area contributed by atoms with Gasteiger partial charge in [-0.15, -0.1) is 0 Å². The number of imidazole rings is 1. The van der Waals surface area contributed by atoms with E-state index in [9.17, 15) is 18.3 Å². The van der Waals surface area contributed by atoms with Crippen LogP contribution in [0.25, 0.3) is 5.69 Å². The van der Waals surface area contributed by atoms with Crippen molar-refractivity contribution in [1.29, 1.82) is 0 Å². The fourth-order valence-corrected chi connectivity index (χ4v) is 3.98. The molecular formula is C21H24F3N3O3. The highest BCUT2D eigenvalue weighted by Gasteiger charge is 2.34. The maximum Gasteiger partial charge on any atom is 0.416 e. The van der Waals surface area contributed by atoms with Crippen LogP contribution in [0.1, 0.15) is 67.9 Å². The lowest BCUT2D eigenvalue weighted by Gasteiger charge is -2.25. The zero-order chi connectivity index (χ0) is 22.1. The van der Waals surface area contributed by atoms with Gasteiger partial charge in [0, 0.05) is 24.6 Å². The monoisotopic (exact) mass is 423 g/mol. The molecule has 0 radical (unpaired) electrons. The van der Waals surface area contributed by atoms with E-state index in [-0.39, 0.29) is 5.92 Å². The van der Waals surface area contributed by atoms with Crippen LogP contribution in [0, 0.1) is 12.8 Å². The Bertz CT molecular complexity index is 956. The van der Waals surface area contributed by atoms with E-state index >= 15 is 0 Å². The van der Waals surface area contributed by atoms with Crippen molar-refractivity contribution in [3.8, 4) is 5.69 Å². The number of aliphatic hydroxyl groups excluding tert-OH is 1. The van der Waals surface area contributed by atoms with Crippen molar-refractivity contribution >= 4 is 11.7 Å². The molecule has 2 N–H and O–H groups in total. The molecule has 2 heterocycles. The van der Waals surface area contributed by atoms with Gasteiger partial charge in [-0.25, -0.2) is 9.98 Å². The highest BCUT2D eigenvalue weighted by atomic mass is 19.4. The number of hydrogen-bond acceptors (Lipinski definition) is 4. The van der Waals surface area contributed by atoms with Crippen molar-refractivity contribution in [2.45, 2.75) is 58.4 Å². The first-order chi connectivity index (χ1) is 14.1. The molecule has 1 saturated carbocycles.